The maximum absolute atomic E-state index is 13.9. The second kappa shape index (κ2) is 7.77. The van der Waals surface area contributed by atoms with E-state index in [2.05, 4.69) is 5.32 Å². The second-order valence-corrected chi connectivity index (χ2v) is 8.77. The third-order valence-electron chi connectivity index (χ3n) is 4.25. The number of hydrogen-bond donors (Lipinski definition) is 2. The van der Waals surface area contributed by atoms with Gasteiger partial charge in [-0.2, -0.15) is 0 Å². The Kier molecular flexibility index (Phi) is 5.64. The third-order valence-corrected chi connectivity index (χ3v) is 6.34. The Hall–Kier alpha value is -1.90. The van der Waals surface area contributed by atoms with Crippen LogP contribution in [0.15, 0.2) is 52.3 Å². The van der Waals surface area contributed by atoms with Gasteiger partial charge in [0, 0.05) is 17.1 Å². The average molecular weight is 394 g/mol. The van der Waals surface area contributed by atoms with Gasteiger partial charge in [-0.3, -0.25) is 4.79 Å². The van der Waals surface area contributed by atoms with Crippen LogP contribution in [-0.4, -0.2) is 20.1 Å². The maximum Gasteiger partial charge on any atom is 0.238 e. The first-order chi connectivity index (χ1) is 12.3. The molecule has 2 aromatic carbocycles. The highest BCUT2D eigenvalue weighted by atomic mass is 32.2. The summed E-state index contributed by atoms with van der Waals surface area (Å²) < 4.78 is 36.4. The van der Waals surface area contributed by atoms with Crippen LogP contribution in [-0.2, 0) is 21.2 Å². The highest BCUT2D eigenvalue weighted by Gasteiger charge is 2.24. The van der Waals surface area contributed by atoms with E-state index in [0.717, 1.165) is 23.3 Å². The van der Waals surface area contributed by atoms with Gasteiger partial charge < -0.3 is 5.32 Å². The molecule has 0 aromatic heterocycles. The summed E-state index contributed by atoms with van der Waals surface area (Å²) in [6.45, 7) is 0. The summed E-state index contributed by atoms with van der Waals surface area (Å²) in [7, 11) is -3.71. The lowest BCUT2D eigenvalue weighted by Gasteiger charge is -2.26. The summed E-state index contributed by atoms with van der Waals surface area (Å²) in [4.78, 5) is 12.9. The number of nitrogens with two attached hydrogens (primary N) is 1. The number of rotatable bonds is 5. The summed E-state index contributed by atoms with van der Waals surface area (Å²) in [6, 6.07) is 10.9. The molecule has 0 spiro atoms. The fraction of sp³-hybridized carbons (Fsp3) is 0.278. The molecule has 0 unspecified atom stereocenters. The molecule has 0 saturated carbocycles. The van der Waals surface area contributed by atoms with Gasteiger partial charge in [0.1, 0.15) is 5.82 Å². The second-order valence-electron chi connectivity index (χ2n) is 6.10. The standard InChI is InChI=1S/C18H19FN2O3S2/c19-15-3-1-2-14-16(10-11-25-18(14)15)21-17(22)9-6-12-4-7-13(8-5-12)26(20,23)24/h1-5,7-8,16H,6,9-11H2,(H,21,22)(H2,20,23,24)/t16-/m0/s1. The molecule has 0 fully saturated rings. The molecule has 1 aliphatic rings. The highest BCUT2D eigenvalue weighted by molar-refractivity contribution is 7.99. The molecule has 8 heteroatoms. The molecule has 2 aromatic rings. The molecule has 1 atom stereocenters. The molecule has 1 aliphatic heterocycles. The number of nitrogens with one attached hydrogen (secondary N) is 1. The van der Waals surface area contributed by atoms with E-state index in [9.17, 15) is 17.6 Å². The van der Waals surface area contributed by atoms with Crippen molar-refractivity contribution in [2.24, 2.45) is 5.14 Å². The highest BCUT2D eigenvalue weighted by Crippen LogP contribution is 2.37. The van der Waals surface area contributed by atoms with Crippen LogP contribution in [0, 0.1) is 5.82 Å². The molecule has 0 bridgehead atoms. The minimum absolute atomic E-state index is 0.0454. The fourth-order valence-electron chi connectivity index (χ4n) is 2.91. The first kappa shape index (κ1) is 18.9. The molecule has 3 N–H and O–H groups in total. The van der Waals surface area contributed by atoms with Crippen molar-refractivity contribution in [1.82, 2.24) is 5.32 Å². The van der Waals surface area contributed by atoms with E-state index in [1.807, 2.05) is 6.07 Å². The van der Waals surface area contributed by atoms with Crippen molar-refractivity contribution in [3.05, 3.63) is 59.4 Å². The Labute approximate surface area is 156 Å². The minimum Gasteiger partial charge on any atom is -0.349 e. The van der Waals surface area contributed by atoms with E-state index in [-0.39, 0.29) is 29.1 Å². The molecule has 1 amide bonds. The Bertz CT molecular complexity index is 915. The van der Waals surface area contributed by atoms with Gasteiger partial charge in [0.15, 0.2) is 0 Å². The molecule has 138 valence electrons. The zero-order valence-corrected chi connectivity index (χ0v) is 15.6. The molecule has 0 aliphatic carbocycles. The largest absolute Gasteiger partial charge is 0.349 e. The number of fused-ring (bicyclic) bond motifs is 1. The van der Waals surface area contributed by atoms with Crippen LogP contribution in [0.5, 0.6) is 0 Å². The number of benzene rings is 2. The number of amides is 1. The minimum atomic E-state index is -3.71. The van der Waals surface area contributed by atoms with Gasteiger partial charge in [-0.25, -0.2) is 17.9 Å². The van der Waals surface area contributed by atoms with E-state index in [0.29, 0.717) is 11.3 Å². The number of sulfonamides is 1. The smallest absolute Gasteiger partial charge is 0.238 e. The van der Waals surface area contributed by atoms with Crippen LogP contribution in [0.3, 0.4) is 0 Å². The average Bonchev–Trinajstić information content (AvgIpc) is 2.60. The quantitative estimate of drug-likeness (QED) is 0.816. The molecule has 0 saturated heterocycles. The Morgan fingerprint density at radius 2 is 1.96 bits per heavy atom. The van der Waals surface area contributed by atoms with Gasteiger partial charge in [-0.15, -0.1) is 11.8 Å². The van der Waals surface area contributed by atoms with Gasteiger partial charge in [0.2, 0.25) is 15.9 Å². The predicted molar refractivity (Wildman–Crippen MR) is 98.8 cm³/mol. The molecular weight excluding hydrogens is 375 g/mol. The van der Waals surface area contributed by atoms with E-state index >= 15 is 0 Å². The lowest BCUT2D eigenvalue weighted by atomic mass is 10.0. The van der Waals surface area contributed by atoms with Gasteiger partial charge in [0.25, 0.3) is 0 Å². The van der Waals surface area contributed by atoms with E-state index in [4.69, 9.17) is 5.14 Å². The first-order valence-electron chi connectivity index (χ1n) is 8.17. The van der Waals surface area contributed by atoms with Crippen molar-refractivity contribution in [3.63, 3.8) is 0 Å². The zero-order chi connectivity index (χ0) is 18.7. The van der Waals surface area contributed by atoms with Crippen LogP contribution in [0.1, 0.15) is 30.0 Å². The zero-order valence-electron chi connectivity index (χ0n) is 13.9. The van der Waals surface area contributed by atoms with Crippen molar-refractivity contribution < 1.29 is 17.6 Å². The van der Waals surface area contributed by atoms with E-state index in [1.54, 1.807) is 18.2 Å². The molecule has 5 nitrogen and oxygen atoms in total. The molecular formula is C18H19FN2O3S2. The topological polar surface area (TPSA) is 89.3 Å². The Balaban J connectivity index is 1.60. The number of carbonyl (C=O) groups excluding carboxylic acids is 1. The molecule has 1 heterocycles. The molecule has 0 radical (unpaired) electrons. The fourth-order valence-corrected chi connectivity index (χ4v) is 4.56. The van der Waals surface area contributed by atoms with Crippen molar-refractivity contribution in [2.75, 3.05) is 5.75 Å². The summed E-state index contributed by atoms with van der Waals surface area (Å²) >= 11 is 1.47. The number of hydrogen-bond acceptors (Lipinski definition) is 4. The lowest BCUT2D eigenvalue weighted by molar-refractivity contribution is -0.121. The summed E-state index contributed by atoms with van der Waals surface area (Å²) in [5, 5.41) is 8.04. The van der Waals surface area contributed by atoms with Crippen LogP contribution in [0.2, 0.25) is 0 Å². The number of carbonyl (C=O) groups is 1. The maximum atomic E-state index is 13.9. The Morgan fingerprint density at radius 1 is 1.23 bits per heavy atom. The monoisotopic (exact) mass is 394 g/mol. The van der Waals surface area contributed by atoms with Crippen molar-refractivity contribution in [1.29, 1.82) is 0 Å². The van der Waals surface area contributed by atoms with Crippen molar-refractivity contribution in [2.45, 2.75) is 35.1 Å². The van der Waals surface area contributed by atoms with Crippen LogP contribution in [0.4, 0.5) is 4.39 Å². The summed E-state index contributed by atoms with van der Waals surface area (Å²) in [5.74, 6) is 0.391. The summed E-state index contributed by atoms with van der Waals surface area (Å²) in [6.07, 6.45) is 1.51. The lowest BCUT2D eigenvalue weighted by Crippen LogP contribution is -2.31. The predicted octanol–water partition coefficient (Wildman–Crippen LogP) is 2.76. The third kappa shape index (κ3) is 4.44. The van der Waals surface area contributed by atoms with Gasteiger partial charge in [-0.05, 0) is 42.2 Å². The van der Waals surface area contributed by atoms with Crippen molar-refractivity contribution >= 4 is 27.7 Å². The van der Waals surface area contributed by atoms with E-state index < -0.39 is 10.0 Å². The van der Waals surface area contributed by atoms with Gasteiger partial charge >= 0.3 is 0 Å². The number of thioether (sulfide) groups is 1. The number of halogens is 1. The Morgan fingerprint density at radius 3 is 2.65 bits per heavy atom. The van der Waals surface area contributed by atoms with Crippen LogP contribution in [0.25, 0.3) is 0 Å². The number of aryl methyl sites for hydroxylation is 1. The van der Waals surface area contributed by atoms with Crippen molar-refractivity contribution in [3.8, 4) is 0 Å². The SMILES string of the molecule is NS(=O)(=O)c1ccc(CCC(=O)N[C@H]2CCSc3c(F)cccc32)cc1. The van der Waals surface area contributed by atoms with Gasteiger partial charge in [-0.1, -0.05) is 24.3 Å². The molecule has 26 heavy (non-hydrogen) atoms. The normalized spacial score (nSPS) is 16.8. The van der Waals surface area contributed by atoms with Crippen LogP contribution < -0.4 is 10.5 Å². The molecule has 3 rings (SSSR count). The first-order valence-corrected chi connectivity index (χ1v) is 10.7. The van der Waals surface area contributed by atoms with E-state index in [1.165, 1.54) is 30.0 Å². The van der Waals surface area contributed by atoms with Crippen LogP contribution >= 0.6 is 11.8 Å². The van der Waals surface area contributed by atoms with Gasteiger partial charge in [0.05, 0.1) is 10.9 Å². The number of primary sulfonamides is 1. The summed E-state index contributed by atoms with van der Waals surface area (Å²) in [5.41, 5.74) is 1.67.